The van der Waals surface area contributed by atoms with Crippen LogP contribution in [0.1, 0.15) is 31.4 Å². The minimum Gasteiger partial charge on any atom is -0.508 e. The molecule has 1 aromatic rings. The molecule has 1 heterocycles. The fourth-order valence-electron chi connectivity index (χ4n) is 3.25. The van der Waals surface area contributed by atoms with Crippen molar-refractivity contribution >= 4 is 11.8 Å². The normalized spacial score (nSPS) is 19.2. The summed E-state index contributed by atoms with van der Waals surface area (Å²) in [5, 5.41) is 9.62. The molecule has 6 nitrogen and oxygen atoms in total. The monoisotopic (exact) mass is 345 g/mol. The van der Waals surface area contributed by atoms with E-state index in [-0.39, 0.29) is 29.5 Å². The first kappa shape index (κ1) is 17.7. The average Bonchev–Trinajstić information content (AvgIpc) is 3.45. The van der Waals surface area contributed by atoms with Gasteiger partial charge in [-0.25, -0.2) is 0 Å². The molecule has 1 atom stereocenters. The molecule has 0 radical (unpaired) electrons. The van der Waals surface area contributed by atoms with E-state index in [2.05, 4.69) is 0 Å². The Kier molecular flexibility index (Phi) is 5.27. The lowest BCUT2D eigenvalue weighted by atomic mass is 10.1. The van der Waals surface area contributed by atoms with Crippen molar-refractivity contribution in [2.75, 3.05) is 39.8 Å². The third-order valence-corrected chi connectivity index (χ3v) is 5.27. The summed E-state index contributed by atoms with van der Waals surface area (Å²) in [5.74, 6) is 0.840. The van der Waals surface area contributed by atoms with Crippen LogP contribution in [-0.2, 0) is 9.59 Å². The van der Waals surface area contributed by atoms with Crippen LogP contribution < -0.4 is 0 Å². The van der Waals surface area contributed by atoms with E-state index < -0.39 is 0 Å². The van der Waals surface area contributed by atoms with Crippen LogP contribution in [-0.4, -0.2) is 71.4 Å². The number of aromatic hydroxyl groups is 1. The number of rotatable bonds is 5. The van der Waals surface area contributed by atoms with Gasteiger partial charge in [-0.15, -0.1) is 0 Å². The highest BCUT2D eigenvalue weighted by atomic mass is 16.3. The van der Waals surface area contributed by atoms with E-state index in [9.17, 15) is 14.7 Å². The summed E-state index contributed by atoms with van der Waals surface area (Å²) in [5.41, 5.74) is 0.982. The van der Waals surface area contributed by atoms with Crippen molar-refractivity contribution in [1.82, 2.24) is 14.7 Å². The number of nitrogens with zero attached hydrogens (tertiary/aromatic N) is 3. The zero-order chi connectivity index (χ0) is 18.0. The second kappa shape index (κ2) is 7.44. The number of hydrogen-bond donors (Lipinski definition) is 1. The third kappa shape index (κ3) is 4.31. The van der Waals surface area contributed by atoms with Crippen LogP contribution in [0.2, 0.25) is 0 Å². The molecule has 136 valence electrons. The van der Waals surface area contributed by atoms with E-state index in [0.29, 0.717) is 32.7 Å². The van der Waals surface area contributed by atoms with Crippen molar-refractivity contribution in [2.45, 2.75) is 25.8 Å². The molecule has 1 saturated heterocycles. The molecule has 25 heavy (non-hydrogen) atoms. The molecule has 0 spiro atoms. The Balaban J connectivity index is 1.49. The third-order valence-electron chi connectivity index (χ3n) is 5.27. The van der Waals surface area contributed by atoms with Gasteiger partial charge in [0.2, 0.25) is 11.8 Å². The molecule has 1 aromatic carbocycles. The van der Waals surface area contributed by atoms with Crippen molar-refractivity contribution in [3.63, 3.8) is 0 Å². The molecule has 1 aliphatic carbocycles. The van der Waals surface area contributed by atoms with Gasteiger partial charge in [-0.1, -0.05) is 12.1 Å². The fourth-order valence-corrected chi connectivity index (χ4v) is 3.25. The van der Waals surface area contributed by atoms with Gasteiger partial charge in [-0.05, 0) is 44.5 Å². The van der Waals surface area contributed by atoms with Crippen molar-refractivity contribution in [2.24, 2.45) is 5.92 Å². The molecule has 1 saturated carbocycles. The van der Waals surface area contributed by atoms with Crippen molar-refractivity contribution in [3.05, 3.63) is 29.8 Å². The van der Waals surface area contributed by atoms with Gasteiger partial charge < -0.3 is 14.9 Å². The minimum atomic E-state index is 0.0359. The van der Waals surface area contributed by atoms with E-state index >= 15 is 0 Å². The van der Waals surface area contributed by atoms with Crippen LogP contribution in [0.4, 0.5) is 0 Å². The molecule has 0 bridgehead atoms. The van der Waals surface area contributed by atoms with E-state index in [0.717, 1.165) is 18.4 Å². The summed E-state index contributed by atoms with van der Waals surface area (Å²) in [4.78, 5) is 30.4. The SMILES string of the molecule is C[C@H](c1cccc(O)c1)N(C)CC(=O)N1CCN(C(=O)C2CC2)CC1. The molecule has 6 heteroatoms. The van der Waals surface area contributed by atoms with Gasteiger partial charge in [0.05, 0.1) is 6.54 Å². The molecule has 2 amide bonds. The Morgan fingerprint density at radius 3 is 2.44 bits per heavy atom. The number of amides is 2. The van der Waals surface area contributed by atoms with Gasteiger partial charge in [0, 0.05) is 38.1 Å². The van der Waals surface area contributed by atoms with Gasteiger partial charge in [-0.3, -0.25) is 14.5 Å². The van der Waals surface area contributed by atoms with Crippen LogP contribution in [0, 0.1) is 5.92 Å². The first-order valence-electron chi connectivity index (χ1n) is 9.01. The molecule has 1 aliphatic heterocycles. The Hall–Kier alpha value is -2.08. The summed E-state index contributed by atoms with van der Waals surface area (Å²) >= 11 is 0. The highest BCUT2D eigenvalue weighted by Crippen LogP contribution is 2.31. The maximum Gasteiger partial charge on any atom is 0.236 e. The highest BCUT2D eigenvalue weighted by Gasteiger charge is 2.35. The maximum absolute atomic E-state index is 12.6. The highest BCUT2D eigenvalue weighted by molar-refractivity contribution is 5.82. The number of likely N-dealkylation sites (N-methyl/N-ethyl adjacent to an activating group) is 1. The second-order valence-corrected chi connectivity index (χ2v) is 7.17. The predicted molar refractivity (Wildman–Crippen MR) is 95.0 cm³/mol. The van der Waals surface area contributed by atoms with Crippen LogP contribution >= 0.6 is 0 Å². The minimum absolute atomic E-state index is 0.0359. The van der Waals surface area contributed by atoms with Crippen LogP contribution in [0.5, 0.6) is 5.75 Å². The van der Waals surface area contributed by atoms with Crippen molar-refractivity contribution < 1.29 is 14.7 Å². The first-order valence-corrected chi connectivity index (χ1v) is 9.01. The molecule has 2 aliphatic rings. The number of carbonyl (C=O) groups excluding carboxylic acids is 2. The first-order chi connectivity index (χ1) is 12.0. The van der Waals surface area contributed by atoms with Gasteiger partial charge in [0.15, 0.2) is 0 Å². The number of carbonyl (C=O) groups is 2. The Labute approximate surface area is 149 Å². The van der Waals surface area contributed by atoms with Crippen LogP contribution in [0.15, 0.2) is 24.3 Å². The summed E-state index contributed by atoms with van der Waals surface area (Å²) in [6.07, 6.45) is 2.05. The summed E-state index contributed by atoms with van der Waals surface area (Å²) in [7, 11) is 1.92. The molecular formula is C19H27N3O3. The van der Waals surface area contributed by atoms with Crippen LogP contribution in [0.3, 0.4) is 0 Å². The summed E-state index contributed by atoms with van der Waals surface area (Å²) in [6.45, 7) is 4.87. The lowest BCUT2D eigenvalue weighted by Crippen LogP contribution is -2.52. The number of piperazine rings is 1. The number of phenols is 1. The molecule has 3 rings (SSSR count). The van der Waals surface area contributed by atoms with Crippen molar-refractivity contribution in [1.29, 1.82) is 0 Å². The van der Waals surface area contributed by atoms with Crippen molar-refractivity contribution in [3.8, 4) is 5.75 Å². The smallest absolute Gasteiger partial charge is 0.236 e. The van der Waals surface area contributed by atoms with E-state index in [1.807, 2.05) is 40.8 Å². The molecule has 0 unspecified atom stereocenters. The standard InChI is InChI=1S/C19H27N3O3/c1-14(16-4-3-5-17(23)12-16)20(2)13-18(24)21-8-10-22(11-9-21)19(25)15-6-7-15/h3-5,12,14-15,23H,6-11,13H2,1-2H3/t14-/m1/s1. The van der Waals surface area contributed by atoms with Crippen LogP contribution in [0.25, 0.3) is 0 Å². The number of phenolic OH excluding ortho intramolecular Hbond substituents is 1. The lowest BCUT2D eigenvalue weighted by Gasteiger charge is -2.36. The second-order valence-electron chi connectivity index (χ2n) is 7.17. The predicted octanol–water partition coefficient (Wildman–Crippen LogP) is 1.47. The Morgan fingerprint density at radius 2 is 1.84 bits per heavy atom. The molecule has 0 aromatic heterocycles. The van der Waals surface area contributed by atoms with Gasteiger partial charge >= 0.3 is 0 Å². The lowest BCUT2D eigenvalue weighted by molar-refractivity contribution is -0.141. The van der Waals surface area contributed by atoms with Gasteiger partial charge in [0.1, 0.15) is 5.75 Å². The quantitative estimate of drug-likeness (QED) is 0.878. The van der Waals surface area contributed by atoms with E-state index in [1.165, 1.54) is 0 Å². The fraction of sp³-hybridized carbons (Fsp3) is 0.579. The zero-order valence-electron chi connectivity index (χ0n) is 15.0. The van der Waals surface area contributed by atoms with E-state index in [4.69, 9.17) is 0 Å². The number of hydrogen-bond acceptors (Lipinski definition) is 4. The topological polar surface area (TPSA) is 64.1 Å². The molecule has 1 N–H and O–H groups in total. The Morgan fingerprint density at radius 1 is 1.20 bits per heavy atom. The van der Waals surface area contributed by atoms with Gasteiger partial charge in [0.25, 0.3) is 0 Å². The zero-order valence-corrected chi connectivity index (χ0v) is 15.0. The van der Waals surface area contributed by atoms with E-state index in [1.54, 1.807) is 12.1 Å². The largest absolute Gasteiger partial charge is 0.508 e. The molecular weight excluding hydrogens is 318 g/mol. The Bertz CT molecular complexity index is 637. The maximum atomic E-state index is 12.6. The number of benzene rings is 1. The average molecular weight is 345 g/mol. The molecule has 2 fully saturated rings. The summed E-state index contributed by atoms with van der Waals surface area (Å²) < 4.78 is 0. The summed E-state index contributed by atoms with van der Waals surface area (Å²) in [6, 6.07) is 7.17. The van der Waals surface area contributed by atoms with Gasteiger partial charge in [-0.2, -0.15) is 0 Å².